The zero-order valence-electron chi connectivity index (χ0n) is 11.7. The average Bonchev–Trinajstić information content (AvgIpc) is 2.37. The number of aromatic nitrogens is 1. The van der Waals surface area contributed by atoms with Crippen molar-refractivity contribution in [1.29, 1.82) is 0 Å². The second-order valence-electron chi connectivity index (χ2n) is 5.51. The lowest BCUT2D eigenvalue weighted by molar-refractivity contribution is 0.327. The molecule has 0 spiro atoms. The van der Waals surface area contributed by atoms with Crippen LogP contribution in [0.1, 0.15) is 27.2 Å². The number of fused-ring (bicyclic) bond motifs is 1. The summed E-state index contributed by atoms with van der Waals surface area (Å²) >= 11 is 0. The predicted molar refractivity (Wildman–Crippen MR) is 79.1 cm³/mol. The van der Waals surface area contributed by atoms with E-state index in [-0.39, 0.29) is 5.41 Å². The van der Waals surface area contributed by atoms with Gasteiger partial charge in [-0.05, 0) is 39.0 Å². The molecule has 1 aromatic carbocycles. The van der Waals surface area contributed by atoms with E-state index < -0.39 is 0 Å². The summed E-state index contributed by atoms with van der Waals surface area (Å²) in [4.78, 5) is 4.31. The van der Waals surface area contributed by atoms with Gasteiger partial charge >= 0.3 is 0 Å². The van der Waals surface area contributed by atoms with Gasteiger partial charge in [-0.25, -0.2) is 0 Å². The van der Waals surface area contributed by atoms with E-state index in [0.717, 1.165) is 23.1 Å². The van der Waals surface area contributed by atoms with Crippen LogP contribution in [0.4, 0.5) is 0 Å². The van der Waals surface area contributed by atoms with Crippen LogP contribution < -0.4 is 4.74 Å². The van der Waals surface area contributed by atoms with Crippen molar-refractivity contribution in [2.24, 2.45) is 5.41 Å². The zero-order valence-corrected chi connectivity index (χ0v) is 11.7. The Hall–Kier alpha value is -2.01. The van der Waals surface area contributed by atoms with E-state index in [9.17, 15) is 0 Å². The van der Waals surface area contributed by atoms with E-state index in [1.807, 2.05) is 30.3 Å². The van der Waals surface area contributed by atoms with Gasteiger partial charge in [0.05, 0.1) is 12.1 Å². The minimum absolute atomic E-state index is 0.0624. The molecular formula is C17H19NO. The summed E-state index contributed by atoms with van der Waals surface area (Å²) in [5, 5.41) is 1.13. The van der Waals surface area contributed by atoms with E-state index in [4.69, 9.17) is 4.74 Å². The Morgan fingerprint density at radius 3 is 2.84 bits per heavy atom. The molecule has 0 atom stereocenters. The highest BCUT2D eigenvalue weighted by molar-refractivity contribution is 5.79. The number of pyridine rings is 1. The van der Waals surface area contributed by atoms with E-state index in [1.165, 1.54) is 0 Å². The van der Waals surface area contributed by atoms with Crippen molar-refractivity contribution in [3.63, 3.8) is 0 Å². The Labute approximate surface area is 114 Å². The number of hydrogen-bond donors (Lipinski definition) is 0. The summed E-state index contributed by atoms with van der Waals surface area (Å²) < 4.78 is 5.69. The van der Waals surface area contributed by atoms with Crippen molar-refractivity contribution >= 4 is 10.9 Å². The molecule has 0 aliphatic carbocycles. The van der Waals surface area contributed by atoms with Gasteiger partial charge in [0, 0.05) is 29.5 Å². The standard InChI is InChI=1S/C17H19NO/c1-17(2,3)10-4-5-12-19-15-9-8-14-7-6-11-18-16(14)13-15/h6-9,11,13H,5,12H2,1-3H3. The first-order chi connectivity index (χ1) is 9.04. The highest BCUT2D eigenvalue weighted by Gasteiger charge is 2.02. The van der Waals surface area contributed by atoms with E-state index in [1.54, 1.807) is 6.20 Å². The van der Waals surface area contributed by atoms with Crippen molar-refractivity contribution in [2.45, 2.75) is 27.2 Å². The summed E-state index contributed by atoms with van der Waals surface area (Å²) in [6, 6.07) is 9.94. The molecule has 0 saturated heterocycles. The smallest absolute Gasteiger partial charge is 0.121 e. The maximum atomic E-state index is 5.69. The molecule has 0 fully saturated rings. The quantitative estimate of drug-likeness (QED) is 0.608. The minimum atomic E-state index is 0.0624. The molecule has 0 unspecified atom stereocenters. The molecule has 0 amide bonds. The maximum absolute atomic E-state index is 5.69. The lowest BCUT2D eigenvalue weighted by atomic mass is 9.98. The van der Waals surface area contributed by atoms with Gasteiger partial charge in [-0.15, -0.1) is 0 Å². The van der Waals surface area contributed by atoms with Crippen LogP contribution in [0.5, 0.6) is 5.75 Å². The minimum Gasteiger partial charge on any atom is -0.493 e. The summed E-state index contributed by atoms with van der Waals surface area (Å²) in [7, 11) is 0. The first-order valence-electron chi connectivity index (χ1n) is 6.52. The molecule has 98 valence electrons. The Kier molecular flexibility index (Phi) is 4.06. The number of ether oxygens (including phenoxy) is 1. The van der Waals surface area contributed by atoms with Crippen LogP contribution in [0.2, 0.25) is 0 Å². The Morgan fingerprint density at radius 1 is 1.21 bits per heavy atom. The van der Waals surface area contributed by atoms with E-state index in [2.05, 4.69) is 37.6 Å². The third kappa shape index (κ3) is 4.30. The third-order valence-corrected chi connectivity index (χ3v) is 2.54. The van der Waals surface area contributed by atoms with Gasteiger partial charge in [0.15, 0.2) is 0 Å². The van der Waals surface area contributed by atoms with Crippen molar-refractivity contribution in [3.8, 4) is 17.6 Å². The van der Waals surface area contributed by atoms with Gasteiger partial charge < -0.3 is 4.74 Å². The monoisotopic (exact) mass is 253 g/mol. The maximum Gasteiger partial charge on any atom is 0.121 e. The zero-order chi connectivity index (χ0) is 13.7. The van der Waals surface area contributed by atoms with Gasteiger partial charge in [0.1, 0.15) is 5.75 Å². The molecule has 2 aromatic rings. The van der Waals surface area contributed by atoms with Gasteiger partial charge in [-0.2, -0.15) is 0 Å². The summed E-state index contributed by atoms with van der Waals surface area (Å²) in [5.41, 5.74) is 1.02. The fourth-order valence-electron chi connectivity index (χ4n) is 1.68. The molecule has 0 radical (unpaired) electrons. The van der Waals surface area contributed by atoms with Crippen LogP contribution in [0, 0.1) is 17.3 Å². The lowest BCUT2D eigenvalue weighted by Crippen LogP contribution is -2.00. The first-order valence-corrected chi connectivity index (χ1v) is 6.52. The average molecular weight is 253 g/mol. The highest BCUT2D eigenvalue weighted by atomic mass is 16.5. The van der Waals surface area contributed by atoms with Gasteiger partial charge in [0.25, 0.3) is 0 Å². The number of benzene rings is 1. The normalized spacial score (nSPS) is 10.9. The molecule has 2 nitrogen and oxygen atoms in total. The van der Waals surface area contributed by atoms with Crippen LogP contribution in [0.25, 0.3) is 10.9 Å². The third-order valence-electron chi connectivity index (χ3n) is 2.54. The largest absolute Gasteiger partial charge is 0.493 e. The fourth-order valence-corrected chi connectivity index (χ4v) is 1.68. The van der Waals surface area contributed by atoms with Gasteiger partial charge in [0.2, 0.25) is 0 Å². The van der Waals surface area contributed by atoms with E-state index >= 15 is 0 Å². The molecule has 0 N–H and O–H groups in total. The van der Waals surface area contributed by atoms with Gasteiger partial charge in [-0.3, -0.25) is 4.98 Å². The topological polar surface area (TPSA) is 22.1 Å². The van der Waals surface area contributed by atoms with Crippen molar-refractivity contribution in [3.05, 3.63) is 36.5 Å². The van der Waals surface area contributed by atoms with Crippen molar-refractivity contribution in [1.82, 2.24) is 4.98 Å². The molecule has 0 bridgehead atoms. The van der Waals surface area contributed by atoms with Crippen LogP contribution >= 0.6 is 0 Å². The molecular weight excluding hydrogens is 234 g/mol. The number of nitrogens with zero attached hydrogens (tertiary/aromatic N) is 1. The van der Waals surface area contributed by atoms with E-state index in [0.29, 0.717) is 6.61 Å². The molecule has 0 aliphatic rings. The van der Waals surface area contributed by atoms with Crippen molar-refractivity contribution in [2.75, 3.05) is 6.61 Å². The van der Waals surface area contributed by atoms with Crippen molar-refractivity contribution < 1.29 is 4.74 Å². The lowest BCUT2D eigenvalue weighted by Gasteiger charge is -2.07. The van der Waals surface area contributed by atoms with Crippen LogP contribution in [0.3, 0.4) is 0 Å². The summed E-state index contributed by atoms with van der Waals surface area (Å²) in [5.74, 6) is 7.19. The number of hydrogen-bond acceptors (Lipinski definition) is 2. The Morgan fingerprint density at radius 2 is 2.05 bits per heavy atom. The second-order valence-corrected chi connectivity index (χ2v) is 5.51. The summed E-state index contributed by atoms with van der Waals surface area (Å²) in [6.07, 6.45) is 2.54. The van der Waals surface area contributed by atoms with Crippen LogP contribution in [-0.4, -0.2) is 11.6 Å². The van der Waals surface area contributed by atoms with Gasteiger partial charge in [-0.1, -0.05) is 17.9 Å². The summed E-state index contributed by atoms with van der Waals surface area (Å²) in [6.45, 7) is 6.93. The Bertz CT molecular complexity index is 614. The van der Waals surface area contributed by atoms with Crippen LogP contribution in [0.15, 0.2) is 36.5 Å². The molecule has 19 heavy (non-hydrogen) atoms. The molecule has 0 aliphatic heterocycles. The van der Waals surface area contributed by atoms with Crippen LogP contribution in [-0.2, 0) is 0 Å². The Balaban J connectivity index is 1.93. The number of rotatable bonds is 3. The molecule has 2 rings (SSSR count). The molecule has 0 saturated carbocycles. The fraction of sp³-hybridized carbons (Fsp3) is 0.353. The predicted octanol–water partition coefficient (Wildman–Crippen LogP) is 4.05. The SMILES string of the molecule is CC(C)(C)C#CCCOc1ccc2cccnc2c1. The molecule has 2 heteroatoms. The molecule has 1 aromatic heterocycles. The first kappa shape index (κ1) is 13.4. The molecule has 1 heterocycles. The highest BCUT2D eigenvalue weighted by Crippen LogP contribution is 2.18. The second kappa shape index (κ2) is 5.75.